The van der Waals surface area contributed by atoms with Gasteiger partial charge in [0.1, 0.15) is 0 Å². The lowest BCUT2D eigenvalue weighted by molar-refractivity contribution is -0.0495. The van der Waals surface area contributed by atoms with Gasteiger partial charge in [-0.05, 0) is 23.3 Å². The maximum atomic E-state index is 6.71. The third kappa shape index (κ3) is 5.25. The maximum Gasteiger partial charge on any atom is 0.299 e. The minimum absolute atomic E-state index is 0.193. The van der Waals surface area contributed by atoms with Crippen molar-refractivity contribution in [2.45, 2.75) is 100 Å². The Hall–Kier alpha value is -0.0301. The fourth-order valence-electron chi connectivity index (χ4n) is 7.18. The van der Waals surface area contributed by atoms with E-state index in [0.717, 1.165) is 23.3 Å². The minimum atomic E-state index is -0.193. The lowest BCUT2D eigenvalue weighted by Crippen LogP contribution is -2.48. The third-order valence-electron chi connectivity index (χ3n) is 8.52. The van der Waals surface area contributed by atoms with Gasteiger partial charge in [-0.3, -0.25) is 0 Å². The second-order valence-electron chi connectivity index (χ2n) is 10.7. The number of fused-ring (bicyclic) bond motifs is 4. The summed E-state index contributed by atoms with van der Waals surface area (Å²) in [7, 11) is 3.60. The summed E-state index contributed by atoms with van der Waals surface area (Å²) < 4.78 is 24.8. The molecule has 0 aromatic rings. The number of rotatable bonds is 10. The first-order valence-corrected chi connectivity index (χ1v) is 12.5. The zero-order valence-corrected chi connectivity index (χ0v) is 18.9. The molecular formula is C23H42B2O4. The van der Waals surface area contributed by atoms with Crippen LogP contribution in [0.15, 0.2) is 0 Å². The van der Waals surface area contributed by atoms with Gasteiger partial charge in [-0.15, -0.1) is 0 Å². The zero-order chi connectivity index (χ0) is 20.1. The number of hydrogen-bond donors (Lipinski definition) is 0. The van der Waals surface area contributed by atoms with E-state index < -0.39 is 0 Å². The first-order valence-electron chi connectivity index (χ1n) is 12.5. The van der Waals surface area contributed by atoms with Gasteiger partial charge in [0.2, 0.25) is 0 Å². The molecule has 0 radical (unpaired) electrons. The highest BCUT2D eigenvalue weighted by atomic mass is 16.5. The van der Waals surface area contributed by atoms with Crippen LogP contribution in [0.5, 0.6) is 0 Å². The molecule has 4 rings (SSSR count). The van der Waals surface area contributed by atoms with E-state index in [1.807, 2.05) is 0 Å². The van der Waals surface area contributed by atoms with Crippen LogP contribution in [0.3, 0.4) is 0 Å². The Labute approximate surface area is 179 Å². The van der Waals surface area contributed by atoms with Crippen LogP contribution in [-0.4, -0.2) is 54.5 Å². The van der Waals surface area contributed by atoms with Crippen molar-refractivity contribution >= 4 is 13.8 Å². The number of hydrogen-bond acceptors (Lipinski definition) is 4. The second-order valence-corrected chi connectivity index (χ2v) is 10.7. The first kappa shape index (κ1) is 22.2. The van der Waals surface area contributed by atoms with Crippen molar-refractivity contribution in [3.63, 3.8) is 0 Å². The van der Waals surface area contributed by atoms with Crippen molar-refractivity contribution in [2.24, 2.45) is 5.41 Å². The number of ether oxygens (including phenoxy) is 2. The average molecular weight is 404 g/mol. The normalized spacial score (nSPS) is 32.5. The molecule has 0 aliphatic carbocycles. The fraction of sp³-hybridized carbons (Fsp3) is 1.00. The molecule has 0 aromatic carbocycles. The molecule has 0 spiro atoms. The van der Waals surface area contributed by atoms with Gasteiger partial charge in [0, 0.05) is 27.4 Å². The standard InChI is InChI=1S/C23H42B2O4/c1-26-15-23(16-27-2,17-28-24-19-7-3-8-20(24)10-4-9-19)18-29-25-21-11-5-12-22(25)14-6-13-21/h19-22H,3-18H2,1-2H3. The molecule has 4 nitrogen and oxygen atoms in total. The molecule has 164 valence electrons. The van der Waals surface area contributed by atoms with Gasteiger partial charge in [-0.25, -0.2) is 0 Å². The van der Waals surface area contributed by atoms with Crippen molar-refractivity contribution in [2.75, 3.05) is 40.6 Å². The molecule has 4 heterocycles. The Morgan fingerprint density at radius 1 is 0.552 bits per heavy atom. The summed E-state index contributed by atoms with van der Waals surface area (Å²) in [6, 6.07) is 0. The van der Waals surface area contributed by atoms with Crippen LogP contribution in [0, 0.1) is 5.41 Å². The van der Waals surface area contributed by atoms with E-state index in [1.54, 1.807) is 14.2 Å². The molecule has 0 aromatic heterocycles. The first-order chi connectivity index (χ1) is 14.2. The lowest BCUT2D eigenvalue weighted by atomic mass is 9.37. The summed E-state index contributed by atoms with van der Waals surface area (Å²) >= 11 is 0. The van der Waals surface area contributed by atoms with Crippen molar-refractivity contribution in [3.8, 4) is 0 Å². The molecular weight excluding hydrogens is 362 g/mol. The minimum Gasteiger partial charge on any atom is -0.434 e. The highest BCUT2D eigenvalue weighted by molar-refractivity contribution is 6.56. The molecule has 0 amide bonds. The predicted molar refractivity (Wildman–Crippen MR) is 120 cm³/mol. The molecule has 4 bridgehead atoms. The van der Waals surface area contributed by atoms with Crippen molar-refractivity contribution < 1.29 is 18.8 Å². The Bertz CT molecular complexity index is 417. The van der Waals surface area contributed by atoms with E-state index in [9.17, 15) is 0 Å². The van der Waals surface area contributed by atoms with Gasteiger partial charge in [0.15, 0.2) is 0 Å². The molecule has 4 aliphatic heterocycles. The van der Waals surface area contributed by atoms with Gasteiger partial charge < -0.3 is 18.8 Å². The highest BCUT2D eigenvalue weighted by Crippen LogP contribution is 2.48. The molecule has 6 heteroatoms. The Morgan fingerprint density at radius 3 is 1.14 bits per heavy atom. The molecule has 29 heavy (non-hydrogen) atoms. The fourth-order valence-corrected chi connectivity index (χ4v) is 7.18. The molecule has 0 N–H and O–H groups in total. The van der Waals surface area contributed by atoms with Crippen LogP contribution in [0.25, 0.3) is 0 Å². The summed E-state index contributed by atoms with van der Waals surface area (Å²) in [6.07, 6.45) is 16.4. The summed E-state index contributed by atoms with van der Waals surface area (Å²) in [6.45, 7) is 3.58. The van der Waals surface area contributed by atoms with Crippen LogP contribution < -0.4 is 0 Å². The van der Waals surface area contributed by atoms with E-state index >= 15 is 0 Å². The molecule has 0 saturated carbocycles. The van der Waals surface area contributed by atoms with E-state index in [4.69, 9.17) is 18.8 Å². The van der Waals surface area contributed by atoms with Gasteiger partial charge in [0.05, 0.1) is 18.6 Å². The summed E-state index contributed by atoms with van der Waals surface area (Å²) in [5.74, 6) is 3.07. The van der Waals surface area contributed by atoms with Crippen LogP contribution in [0.1, 0.15) is 77.0 Å². The third-order valence-corrected chi connectivity index (χ3v) is 8.52. The van der Waals surface area contributed by atoms with Crippen molar-refractivity contribution in [1.82, 2.24) is 0 Å². The van der Waals surface area contributed by atoms with Gasteiger partial charge >= 0.3 is 0 Å². The highest BCUT2D eigenvalue weighted by Gasteiger charge is 2.45. The van der Waals surface area contributed by atoms with E-state index in [2.05, 4.69) is 0 Å². The molecule has 4 aliphatic rings. The number of methoxy groups -OCH3 is 2. The van der Waals surface area contributed by atoms with Crippen molar-refractivity contribution in [1.29, 1.82) is 0 Å². The summed E-state index contributed by atoms with van der Waals surface area (Å²) in [4.78, 5) is 0. The van der Waals surface area contributed by atoms with E-state index in [-0.39, 0.29) is 5.41 Å². The van der Waals surface area contributed by atoms with Gasteiger partial charge in [-0.2, -0.15) is 0 Å². The Kier molecular flexibility index (Phi) is 8.05. The van der Waals surface area contributed by atoms with Crippen molar-refractivity contribution in [3.05, 3.63) is 0 Å². The van der Waals surface area contributed by atoms with Crippen LogP contribution in [0.2, 0.25) is 23.3 Å². The second kappa shape index (κ2) is 10.5. The molecule has 0 atom stereocenters. The van der Waals surface area contributed by atoms with Crippen LogP contribution >= 0.6 is 0 Å². The van der Waals surface area contributed by atoms with E-state index in [1.165, 1.54) is 77.0 Å². The summed E-state index contributed by atoms with van der Waals surface area (Å²) in [5.41, 5.74) is -0.193. The Balaban J connectivity index is 1.39. The van der Waals surface area contributed by atoms with Gasteiger partial charge in [-0.1, -0.05) is 77.0 Å². The maximum absolute atomic E-state index is 6.71. The largest absolute Gasteiger partial charge is 0.434 e. The molecule has 4 saturated heterocycles. The smallest absolute Gasteiger partial charge is 0.299 e. The SMILES string of the molecule is COCC(COC)(COB1C2CCCC1CCC2)COB1C2CCCC1CCC2. The zero-order valence-electron chi connectivity index (χ0n) is 18.9. The topological polar surface area (TPSA) is 36.9 Å². The van der Waals surface area contributed by atoms with Crippen LogP contribution in [-0.2, 0) is 18.8 Å². The predicted octanol–water partition coefficient (Wildman–Crippen LogP) is 5.50. The summed E-state index contributed by atoms with van der Waals surface area (Å²) in [5, 5.41) is 0. The van der Waals surface area contributed by atoms with Gasteiger partial charge in [0.25, 0.3) is 13.8 Å². The monoisotopic (exact) mass is 404 g/mol. The molecule has 0 unspecified atom stereocenters. The average Bonchev–Trinajstić information content (AvgIpc) is 2.70. The lowest BCUT2D eigenvalue weighted by Gasteiger charge is -2.44. The van der Waals surface area contributed by atoms with Crippen LogP contribution in [0.4, 0.5) is 0 Å². The quantitative estimate of drug-likeness (QED) is 0.451. The molecule has 4 fully saturated rings. The van der Waals surface area contributed by atoms with E-state index in [0.29, 0.717) is 40.3 Å². The Morgan fingerprint density at radius 2 is 0.862 bits per heavy atom.